The second kappa shape index (κ2) is 7.25. The highest BCUT2D eigenvalue weighted by atomic mass is 16.4. The van der Waals surface area contributed by atoms with Crippen LogP contribution in [0.1, 0.15) is 55.8 Å². The standard InChI is InChI=1S/C24H27NO6/c1-13-12-24-9-5-14(13)11-17(24)23(2,18(27)6-10-24)8-7-19(28)25-20-16(26)4-3-15(21(20)29)22(30)31/h3-4,6,10,14,17,26,29H,1,5,7-9,11-12H2,2H3,(H,25,28)(H,30,31)/t14-,17?,23+,24+/m0/s1. The van der Waals surface area contributed by atoms with Crippen molar-refractivity contribution in [3.05, 3.63) is 42.0 Å². The number of aromatic carboxylic acids is 1. The number of carbonyl (C=O) groups excluding carboxylic acids is 2. The highest BCUT2D eigenvalue weighted by molar-refractivity contribution is 6.00. The average Bonchev–Trinajstić information content (AvgIpc) is 2.72. The van der Waals surface area contributed by atoms with Gasteiger partial charge in [0, 0.05) is 11.8 Å². The van der Waals surface area contributed by atoms with E-state index >= 15 is 0 Å². The van der Waals surface area contributed by atoms with Gasteiger partial charge in [-0.05, 0) is 67.6 Å². The number of allylic oxidation sites excluding steroid dienone is 3. The normalized spacial score (nSPS) is 31.4. The molecule has 1 aromatic rings. The lowest BCUT2D eigenvalue weighted by atomic mass is 9.44. The Labute approximate surface area is 180 Å². The van der Waals surface area contributed by atoms with Gasteiger partial charge >= 0.3 is 5.97 Å². The fourth-order valence-corrected chi connectivity index (χ4v) is 5.91. The first-order chi connectivity index (χ1) is 14.6. The van der Waals surface area contributed by atoms with Crippen molar-refractivity contribution in [2.45, 2.75) is 45.4 Å². The van der Waals surface area contributed by atoms with E-state index in [2.05, 4.69) is 18.0 Å². The summed E-state index contributed by atoms with van der Waals surface area (Å²) in [5, 5.41) is 31.6. The van der Waals surface area contributed by atoms with Crippen molar-refractivity contribution in [1.29, 1.82) is 0 Å². The lowest BCUT2D eigenvalue weighted by Crippen LogP contribution is -2.54. The summed E-state index contributed by atoms with van der Waals surface area (Å²) in [6.07, 6.45) is 7.96. The van der Waals surface area contributed by atoms with E-state index < -0.39 is 34.4 Å². The summed E-state index contributed by atoms with van der Waals surface area (Å²) in [6.45, 7) is 6.17. The van der Waals surface area contributed by atoms with Crippen LogP contribution >= 0.6 is 0 Å². The fourth-order valence-electron chi connectivity index (χ4n) is 5.91. The summed E-state index contributed by atoms with van der Waals surface area (Å²) in [7, 11) is 0. The van der Waals surface area contributed by atoms with Crippen molar-refractivity contribution in [3.63, 3.8) is 0 Å². The van der Waals surface area contributed by atoms with E-state index in [1.165, 1.54) is 5.57 Å². The van der Waals surface area contributed by atoms with E-state index in [-0.39, 0.29) is 29.2 Å². The molecule has 1 aromatic carbocycles. The van der Waals surface area contributed by atoms with Crippen molar-refractivity contribution < 1.29 is 29.7 Å². The average molecular weight is 425 g/mol. The topological polar surface area (TPSA) is 124 Å². The molecule has 164 valence electrons. The third-order valence-corrected chi connectivity index (χ3v) is 7.73. The SMILES string of the molecule is C=C1C[C@@]23C=CC(=O)[C@](C)(CCC(=O)Nc4c(O)ccc(C(=O)O)c4O)C2C[C@@H]1CC3. The lowest BCUT2D eigenvalue weighted by Gasteiger charge is -2.59. The van der Waals surface area contributed by atoms with Gasteiger partial charge in [-0.1, -0.05) is 25.2 Å². The number of rotatable bonds is 5. The van der Waals surface area contributed by atoms with E-state index in [9.17, 15) is 24.6 Å². The Bertz CT molecular complexity index is 1030. The van der Waals surface area contributed by atoms with Gasteiger partial charge in [-0.3, -0.25) is 9.59 Å². The molecule has 5 rings (SSSR count). The van der Waals surface area contributed by atoms with Crippen molar-refractivity contribution in [2.75, 3.05) is 5.32 Å². The zero-order valence-corrected chi connectivity index (χ0v) is 17.5. The van der Waals surface area contributed by atoms with E-state index in [0.717, 1.165) is 37.8 Å². The molecule has 0 radical (unpaired) electrons. The molecule has 3 saturated carbocycles. The Morgan fingerprint density at radius 3 is 2.71 bits per heavy atom. The number of carboxylic acid groups (broad SMARTS) is 1. The van der Waals surface area contributed by atoms with Crippen LogP contribution in [0.25, 0.3) is 0 Å². The smallest absolute Gasteiger partial charge is 0.339 e. The largest absolute Gasteiger partial charge is 0.506 e. The number of hydrogen-bond donors (Lipinski definition) is 4. The number of hydrogen-bond acceptors (Lipinski definition) is 5. The number of carboxylic acids is 1. The molecule has 1 spiro atoms. The number of carbonyl (C=O) groups is 3. The van der Waals surface area contributed by atoms with Gasteiger partial charge in [-0.15, -0.1) is 0 Å². The third kappa shape index (κ3) is 3.32. The number of amides is 1. The Kier molecular flexibility index (Phi) is 4.95. The Hall–Kier alpha value is -3.09. The molecule has 4 N–H and O–H groups in total. The minimum Gasteiger partial charge on any atom is -0.506 e. The zero-order valence-electron chi connectivity index (χ0n) is 17.5. The Morgan fingerprint density at radius 2 is 2.03 bits per heavy atom. The second-order valence-corrected chi connectivity index (χ2v) is 9.42. The molecular weight excluding hydrogens is 398 g/mol. The Balaban J connectivity index is 1.52. The summed E-state index contributed by atoms with van der Waals surface area (Å²) >= 11 is 0. The van der Waals surface area contributed by atoms with Crippen LogP contribution in [0.4, 0.5) is 5.69 Å². The molecule has 2 bridgehead atoms. The van der Waals surface area contributed by atoms with Crippen molar-refractivity contribution in [3.8, 4) is 11.5 Å². The molecule has 3 fully saturated rings. The first-order valence-electron chi connectivity index (χ1n) is 10.6. The summed E-state index contributed by atoms with van der Waals surface area (Å²) in [6, 6.07) is 2.16. The summed E-state index contributed by atoms with van der Waals surface area (Å²) in [5.74, 6) is -2.42. The fraction of sp³-hybridized carbons (Fsp3) is 0.458. The summed E-state index contributed by atoms with van der Waals surface area (Å²) in [4.78, 5) is 36.8. The molecule has 4 aliphatic rings. The maximum absolute atomic E-state index is 12.9. The predicted octanol–water partition coefficient (Wildman–Crippen LogP) is 4.02. The van der Waals surface area contributed by atoms with E-state index in [0.29, 0.717) is 12.3 Å². The number of phenols is 2. The molecule has 0 aromatic heterocycles. The zero-order chi connectivity index (χ0) is 22.6. The number of ketones is 1. The predicted molar refractivity (Wildman–Crippen MR) is 114 cm³/mol. The first kappa shape index (κ1) is 21.2. The molecule has 1 amide bonds. The van der Waals surface area contributed by atoms with Crippen molar-refractivity contribution in [2.24, 2.45) is 22.7 Å². The molecule has 7 nitrogen and oxygen atoms in total. The van der Waals surface area contributed by atoms with Crippen LogP contribution in [-0.4, -0.2) is 33.0 Å². The van der Waals surface area contributed by atoms with Crippen LogP contribution in [0, 0.1) is 22.7 Å². The van der Waals surface area contributed by atoms with Gasteiger partial charge in [-0.2, -0.15) is 0 Å². The minimum atomic E-state index is -1.38. The monoisotopic (exact) mass is 425 g/mol. The van der Waals surface area contributed by atoms with Crippen LogP contribution < -0.4 is 5.32 Å². The van der Waals surface area contributed by atoms with Crippen LogP contribution in [-0.2, 0) is 9.59 Å². The molecule has 0 heterocycles. The lowest BCUT2D eigenvalue weighted by molar-refractivity contribution is -0.136. The number of anilines is 1. The molecular formula is C24H27NO6. The number of fused-ring (bicyclic) bond motifs is 2. The Morgan fingerprint density at radius 1 is 1.29 bits per heavy atom. The van der Waals surface area contributed by atoms with Crippen LogP contribution in [0.5, 0.6) is 11.5 Å². The molecule has 31 heavy (non-hydrogen) atoms. The summed E-state index contributed by atoms with van der Waals surface area (Å²) < 4.78 is 0. The number of benzene rings is 1. The highest BCUT2D eigenvalue weighted by Gasteiger charge is 2.58. The first-order valence-corrected chi connectivity index (χ1v) is 10.6. The highest BCUT2D eigenvalue weighted by Crippen LogP contribution is 2.64. The van der Waals surface area contributed by atoms with Gasteiger partial charge in [0.25, 0.3) is 0 Å². The van der Waals surface area contributed by atoms with Gasteiger partial charge in [0.1, 0.15) is 17.0 Å². The van der Waals surface area contributed by atoms with Crippen LogP contribution in [0.2, 0.25) is 0 Å². The molecule has 4 aliphatic carbocycles. The molecule has 4 atom stereocenters. The third-order valence-electron chi connectivity index (χ3n) is 7.73. The van der Waals surface area contributed by atoms with Gasteiger partial charge < -0.3 is 20.6 Å². The van der Waals surface area contributed by atoms with Gasteiger partial charge in [0.2, 0.25) is 5.91 Å². The van der Waals surface area contributed by atoms with Crippen LogP contribution in [0.3, 0.4) is 0 Å². The van der Waals surface area contributed by atoms with Crippen LogP contribution in [0.15, 0.2) is 36.4 Å². The summed E-state index contributed by atoms with van der Waals surface area (Å²) in [5.41, 5.74) is -0.260. The van der Waals surface area contributed by atoms with Gasteiger partial charge in [0.05, 0.1) is 0 Å². The number of aromatic hydroxyl groups is 2. The number of nitrogens with one attached hydrogen (secondary N) is 1. The molecule has 1 unspecified atom stereocenters. The number of phenolic OH excluding ortho intramolecular Hbond substituents is 1. The maximum Gasteiger partial charge on any atom is 0.339 e. The minimum absolute atomic E-state index is 0.00442. The maximum atomic E-state index is 12.9. The van der Waals surface area contributed by atoms with E-state index in [1.54, 1.807) is 6.08 Å². The van der Waals surface area contributed by atoms with Gasteiger partial charge in [-0.25, -0.2) is 4.79 Å². The van der Waals surface area contributed by atoms with Crippen molar-refractivity contribution >= 4 is 23.3 Å². The van der Waals surface area contributed by atoms with E-state index in [4.69, 9.17) is 5.11 Å². The van der Waals surface area contributed by atoms with Crippen molar-refractivity contribution in [1.82, 2.24) is 0 Å². The molecule has 0 aliphatic heterocycles. The second-order valence-electron chi connectivity index (χ2n) is 9.42. The molecule has 7 heteroatoms. The quantitative estimate of drug-likeness (QED) is 0.417. The van der Waals surface area contributed by atoms with Gasteiger partial charge in [0.15, 0.2) is 11.5 Å². The molecule has 0 saturated heterocycles. The van der Waals surface area contributed by atoms with E-state index in [1.807, 2.05) is 6.92 Å².